The SMILES string of the molecule is CC/C=C\C/C=C\C/C=C\C/C=C\C/C=C\CCCCCC(=O)OC(COC(=O)CCCCCCCCCC)COC(=O)CCCCCCCCCCCCCCCCCCCCCCCCCCCC. The fraction of sp³-hybridized carbons (Fsp3) is 0.800. The van der Waals surface area contributed by atoms with E-state index in [1.54, 1.807) is 0 Å². The van der Waals surface area contributed by atoms with Gasteiger partial charge in [-0.1, -0.05) is 293 Å². The highest BCUT2D eigenvalue weighted by Crippen LogP contribution is 2.17. The molecule has 0 saturated carbocycles. The maximum absolute atomic E-state index is 12.8. The number of carbonyl (C=O) groups excluding carboxylic acids is 3. The molecule has 0 radical (unpaired) electrons. The third kappa shape index (κ3) is 57.9. The first-order valence-electron chi connectivity index (χ1n) is 30.8. The molecule has 6 nitrogen and oxygen atoms in total. The Kier molecular flexibility index (Phi) is 57.2. The number of esters is 3. The average molecular weight is 994 g/mol. The normalized spacial score (nSPS) is 12.4. The largest absolute Gasteiger partial charge is 0.462 e. The van der Waals surface area contributed by atoms with E-state index in [1.807, 2.05) is 0 Å². The van der Waals surface area contributed by atoms with Crippen LogP contribution in [0.4, 0.5) is 0 Å². The molecular weight excluding hydrogens is 877 g/mol. The highest BCUT2D eigenvalue weighted by Gasteiger charge is 2.19. The van der Waals surface area contributed by atoms with E-state index in [0.29, 0.717) is 19.3 Å². The number of ether oxygens (including phenoxy) is 3. The van der Waals surface area contributed by atoms with Crippen LogP contribution >= 0.6 is 0 Å². The molecule has 0 aromatic rings. The second kappa shape index (κ2) is 59.7. The monoisotopic (exact) mass is 993 g/mol. The highest BCUT2D eigenvalue weighted by molar-refractivity contribution is 5.71. The van der Waals surface area contributed by atoms with Gasteiger partial charge in [0.15, 0.2) is 6.10 Å². The van der Waals surface area contributed by atoms with E-state index in [9.17, 15) is 14.4 Å². The maximum Gasteiger partial charge on any atom is 0.306 e. The summed E-state index contributed by atoms with van der Waals surface area (Å²) in [6.07, 6.45) is 75.4. The van der Waals surface area contributed by atoms with Crippen LogP contribution in [0.25, 0.3) is 0 Å². The van der Waals surface area contributed by atoms with Crippen LogP contribution in [0.5, 0.6) is 0 Å². The minimum absolute atomic E-state index is 0.0842. The van der Waals surface area contributed by atoms with Gasteiger partial charge in [0.1, 0.15) is 13.2 Å². The van der Waals surface area contributed by atoms with Crippen molar-refractivity contribution in [3.05, 3.63) is 60.8 Å². The van der Waals surface area contributed by atoms with Gasteiger partial charge in [-0.05, 0) is 64.2 Å². The van der Waals surface area contributed by atoms with Crippen LogP contribution in [0.15, 0.2) is 60.8 Å². The predicted octanol–water partition coefficient (Wildman–Crippen LogP) is 20.8. The number of carbonyl (C=O) groups is 3. The lowest BCUT2D eigenvalue weighted by atomic mass is 10.0. The van der Waals surface area contributed by atoms with Gasteiger partial charge in [0.2, 0.25) is 0 Å². The summed E-state index contributed by atoms with van der Waals surface area (Å²) in [7, 11) is 0. The van der Waals surface area contributed by atoms with Crippen molar-refractivity contribution in [3.63, 3.8) is 0 Å². The molecule has 0 fully saturated rings. The van der Waals surface area contributed by atoms with Gasteiger partial charge in [0.05, 0.1) is 0 Å². The molecule has 1 atom stereocenters. The zero-order valence-electron chi connectivity index (χ0n) is 47.2. The fourth-order valence-corrected chi connectivity index (χ4v) is 8.94. The number of rotatable bonds is 56. The maximum atomic E-state index is 12.8. The van der Waals surface area contributed by atoms with Crippen molar-refractivity contribution in [2.45, 2.75) is 322 Å². The molecule has 0 heterocycles. The Bertz CT molecular complexity index is 1280. The molecule has 0 aliphatic rings. The summed E-state index contributed by atoms with van der Waals surface area (Å²) in [6.45, 7) is 6.51. The summed E-state index contributed by atoms with van der Waals surface area (Å²) in [5, 5.41) is 0. The Balaban J connectivity index is 4.17. The second-order valence-electron chi connectivity index (χ2n) is 20.6. The molecule has 0 amide bonds. The van der Waals surface area contributed by atoms with Crippen molar-refractivity contribution in [3.8, 4) is 0 Å². The molecule has 0 aliphatic heterocycles. The van der Waals surface area contributed by atoms with Gasteiger partial charge < -0.3 is 14.2 Å². The first-order chi connectivity index (χ1) is 35.0. The van der Waals surface area contributed by atoms with E-state index < -0.39 is 6.10 Å². The molecule has 0 bridgehead atoms. The van der Waals surface area contributed by atoms with Gasteiger partial charge in [-0.25, -0.2) is 0 Å². The lowest BCUT2D eigenvalue weighted by Gasteiger charge is -2.18. The summed E-state index contributed by atoms with van der Waals surface area (Å²) in [6, 6.07) is 0. The Morgan fingerprint density at radius 2 is 0.549 bits per heavy atom. The van der Waals surface area contributed by atoms with Gasteiger partial charge in [-0.2, -0.15) is 0 Å². The van der Waals surface area contributed by atoms with Crippen molar-refractivity contribution in [2.24, 2.45) is 0 Å². The topological polar surface area (TPSA) is 78.9 Å². The standard InChI is InChI=1S/C65H116O6/c1-4-7-10-13-16-19-21-23-25-27-29-30-31-32-33-34-35-37-38-40-42-44-46-49-52-55-58-64(67)70-61-62(60-69-63(66)57-54-51-48-18-15-12-9-6-3)71-65(68)59-56-53-50-47-45-43-41-39-36-28-26-24-22-20-17-14-11-8-5-2/h8,11,17,20,24,26,36,39,43,45,62H,4-7,9-10,12-16,18-19,21-23,25,27-35,37-38,40-42,44,46-61H2,1-3H3/b11-8-,20-17-,26-24-,39-36-,45-43-. The summed E-state index contributed by atoms with van der Waals surface area (Å²) in [5.74, 6) is -0.907. The van der Waals surface area contributed by atoms with Crippen molar-refractivity contribution in [1.29, 1.82) is 0 Å². The van der Waals surface area contributed by atoms with Gasteiger partial charge in [-0.15, -0.1) is 0 Å². The number of allylic oxidation sites excluding steroid dienone is 10. The van der Waals surface area contributed by atoms with Crippen LogP contribution in [-0.4, -0.2) is 37.2 Å². The van der Waals surface area contributed by atoms with Crippen LogP contribution in [0, 0.1) is 0 Å². The van der Waals surface area contributed by atoms with Crippen molar-refractivity contribution in [1.82, 2.24) is 0 Å². The van der Waals surface area contributed by atoms with Gasteiger partial charge in [-0.3, -0.25) is 14.4 Å². The second-order valence-corrected chi connectivity index (χ2v) is 20.6. The zero-order valence-corrected chi connectivity index (χ0v) is 47.2. The van der Waals surface area contributed by atoms with E-state index in [2.05, 4.69) is 81.5 Å². The lowest BCUT2D eigenvalue weighted by molar-refractivity contribution is -0.167. The zero-order chi connectivity index (χ0) is 51.4. The number of hydrogen-bond acceptors (Lipinski definition) is 6. The van der Waals surface area contributed by atoms with Crippen molar-refractivity contribution >= 4 is 17.9 Å². The van der Waals surface area contributed by atoms with Crippen LogP contribution in [0.3, 0.4) is 0 Å². The highest BCUT2D eigenvalue weighted by atomic mass is 16.6. The smallest absolute Gasteiger partial charge is 0.306 e. The minimum Gasteiger partial charge on any atom is -0.462 e. The molecule has 0 aromatic heterocycles. The van der Waals surface area contributed by atoms with E-state index >= 15 is 0 Å². The Hall–Kier alpha value is -2.89. The predicted molar refractivity (Wildman–Crippen MR) is 307 cm³/mol. The summed E-state index contributed by atoms with van der Waals surface area (Å²) in [4.78, 5) is 38.0. The van der Waals surface area contributed by atoms with Crippen LogP contribution in [0.2, 0.25) is 0 Å². The molecular formula is C65H116O6. The van der Waals surface area contributed by atoms with Crippen molar-refractivity contribution < 1.29 is 28.6 Å². The first kappa shape index (κ1) is 68.1. The summed E-state index contributed by atoms with van der Waals surface area (Å²) >= 11 is 0. The average Bonchev–Trinajstić information content (AvgIpc) is 3.37. The molecule has 0 spiro atoms. The fourth-order valence-electron chi connectivity index (χ4n) is 8.94. The Morgan fingerprint density at radius 1 is 0.296 bits per heavy atom. The Morgan fingerprint density at radius 3 is 0.859 bits per heavy atom. The summed E-state index contributed by atoms with van der Waals surface area (Å²) < 4.78 is 16.8. The molecule has 0 N–H and O–H groups in total. The van der Waals surface area contributed by atoms with Gasteiger partial charge >= 0.3 is 17.9 Å². The summed E-state index contributed by atoms with van der Waals surface area (Å²) in [5.41, 5.74) is 0. The number of hydrogen-bond donors (Lipinski definition) is 0. The van der Waals surface area contributed by atoms with Crippen LogP contribution in [0.1, 0.15) is 316 Å². The van der Waals surface area contributed by atoms with Crippen molar-refractivity contribution in [2.75, 3.05) is 13.2 Å². The van der Waals surface area contributed by atoms with Gasteiger partial charge in [0, 0.05) is 19.3 Å². The van der Waals surface area contributed by atoms with E-state index in [4.69, 9.17) is 14.2 Å². The molecule has 0 aromatic carbocycles. The lowest BCUT2D eigenvalue weighted by Crippen LogP contribution is -2.30. The quantitative estimate of drug-likeness (QED) is 0.0261. The van der Waals surface area contributed by atoms with Crippen LogP contribution in [-0.2, 0) is 28.6 Å². The molecule has 6 heteroatoms. The molecule has 0 saturated heterocycles. The molecule has 1 unspecified atom stereocenters. The van der Waals surface area contributed by atoms with Crippen LogP contribution < -0.4 is 0 Å². The third-order valence-electron chi connectivity index (χ3n) is 13.5. The van der Waals surface area contributed by atoms with E-state index in [1.165, 1.54) is 180 Å². The molecule has 71 heavy (non-hydrogen) atoms. The molecule has 412 valence electrons. The van der Waals surface area contributed by atoms with E-state index in [0.717, 1.165) is 96.3 Å². The number of unbranched alkanes of at least 4 members (excludes halogenated alkanes) is 35. The minimum atomic E-state index is -0.788. The molecule has 0 rings (SSSR count). The Labute approximate surface area is 440 Å². The first-order valence-corrected chi connectivity index (χ1v) is 30.8. The third-order valence-corrected chi connectivity index (χ3v) is 13.5. The van der Waals surface area contributed by atoms with Gasteiger partial charge in [0.25, 0.3) is 0 Å². The molecule has 0 aliphatic carbocycles. The van der Waals surface area contributed by atoms with E-state index in [-0.39, 0.29) is 31.1 Å².